The molecule has 0 radical (unpaired) electrons. The molecule has 21 heavy (non-hydrogen) atoms. The van der Waals surface area contributed by atoms with Crippen LogP contribution in [-0.2, 0) is 15.1 Å². The van der Waals surface area contributed by atoms with Gasteiger partial charge in [0.25, 0.3) is 0 Å². The van der Waals surface area contributed by atoms with Gasteiger partial charge in [0.2, 0.25) is 11.8 Å². The molecule has 0 saturated heterocycles. The van der Waals surface area contributed by atoms with Crippen molar-refractivity contribution < 1.29 is 9.59 Å². The standard InChI is InChI=1S/C16H23N3O2/c1-16(18,12-7-3-2-4-8-12)15(21)19-13-9-5-6-11(10-13)14(17)20/h2-4,7-8,11,13H,5-6,9-10,18H2,1H3,(H2,17,20)(H,19,21). The molecule has 0 aliphatic heterocycles. The van der Waals surface area contributed by atoms with Crippen LogP contribution in [0.5, 0.6) is 0 Å². The Morgan fingerprint density at radius 1 is 1.24 bits per heavy atom. The van der Waals surface area contributed by atoms with Gasteiger partial charge in [0.05, 0.1) is 0 Å². The number of primary amides is 1. The Hall–Kier alpha value is -1.88. The maximum Gasteiger partial charge on any atom is 0.244 e. The number of hydrogen-bond acceptors (Lipinski definition) is 3. The second-order valence-corrected chi connectivity index (χ2v) is 6.00. The molecule has 1 aliphatic carbocycles. The fraction of sp³-hybridized carbons (Fsp3) is 0.500. The topological polar surface area (TPSA) is 98.2 Å². The first-order valence-electron chi connectivity index (χ1n) is 7.36. The summed E-state index contributed by atoms with van der Waals surface area (Å²) < 4.78 is 0. The molecule has 1 aromatic rings. The van der Waals surface area contributed by atoms with Crippen molar-refractivity contribution in [3.8, 4) is 0 Å². The smallest absolute Gasteiger partial charge is 0.244 e. The summed E-state index contributed by atoms with van der Waals surface area (Å²) in [6.45, 7) is 1.70. The summed E-state index contributed by atoms with van der Waals surface area (Å²) in [6, 6.07) is 9.25. The van der Waals surface area contributed by atoms with E-state index >= 15 is 0 Å². The van der Waals surface area contributed by atoms with Gasteiger partial charge in [0, 0.05) is 12.0 Å². The average Bonchev–Trinajstić information content (AvgIpc) is 2.48. The number of rotatable bonds is 4. The van der Waals surface area contributed by atoms with Crippen LogP contribution >= 0.6 is 0 Å². The third-order valence-electron chi connectivity index (χ3n) is 4.26. The zero-order valence-corrected chi connectivity index (χ0v) is 12.3. The molecule has 5 nitrogen and oxygen atoms in total. The molecule has 1 aliphatic rings. The molecule has 0 aromatic heterocycles. The summed E-state index contributed by atoms with van der Waals surface area (Å²) in [4.78, 5) is 23.7. The van der Waals surface area contributed by atoms with Crippen LogP contribution in [0.1, 0.15) is 38.2 Å². The quantitative estimate of drug-likeness (QED) is 0.771. The van der Waals surface area contributed by atoms with E-state index < -0.39 is 5.54 Å². The van der Waals surface area contributed by atoms with Crippen LogP contribution < -0.4 is 16.8 Å². The van der Waals surface area contributed by atoms with Crippen molar-refractivity contribution in [2.45, 2.75) is 44.2 Å². The summed E-state index contributed by atoms with van der Waals surface area (Å²) in [5, 5.41) is 2.97. The molecule has 0 spiro atoms. The fourth-order valence-corrected chi connectivity index (χ4v) is 2.83. The molecule has 1 fully saturated rings. The molecular weight excluding hydrogens is 266 g/mol. The highest BCUT2D eigenvalue weighted by atomic mass is 16.2. The molecule has 2 rings (SSSR count). The third-order valence-corrected chi connectivity index (χ3v) is 4.26. The van der Waals surface area contributed by atoms with Gasteiger partial charge in [-0.2, -0.15) is 0 Å². The van der Waals surface area contributed by atoms with Gasteiger partial charge in [-0.15, -0.1) is 0 Å². The lowest BCUT2D eigenvalue weighted by Gasteiger charge is -2.31. The molecule has 5 heteroatoms. The van der Waals surface area contributed by atoms with Gasteiger partial charge in [0.15, 0.2) is 0 Å². The molecule has 3 atom stereocenters. The lowest BCUT2D eigenvalue weighted by Crippen LogP contribution is -2.53. The molecular formula is C16H23N3O2. The van der Waals surface area contributed by atoms with Crippen LogP contribution in [0, 0.1) is 5.92 Å². The maximum absolute atomic E-state index is 12.5. The Morgan fingerprint density at radius 2 is 1.90 bits per heavy atom. The van der Waals surface area contributed by atoms with Gasteiger partial charge in [-0.3, -0.25) is 9.59 Å². The highest BCUT2D eigenvalue weighted by Gasteiger charge is 2.34. The van der Waals surface area contributed by atoms with Gasteiger partial charge in [-0.1, -0.05) is 36.8 Å². The van der Waals surface area contributed by atoms with E-state index in [0.29, 0.717) is 6.42 Å². The number of hydrogen-bond donors (Lipinski definition) is 3. The highest BCUT2D eigenvalue weighted by molar-refractivity contribution is 5.87. The number of benzene rings is 1. The van der Waals surface area contributed by atoms with E-state index in [9.17, 15) is 9.59 Å². The number of carbonyl (C=O) groups is 2. The zero-order chi connectivity index (χ0) is 15.5. The predicted molar refractivity (Wildman–Crippen MR) is 81.1 cm³/mol. The molecule has 3 unspecified atom stereocenters. The third kappa shape index (κ3) is 3.61. The minimum atomic E-state index is -1.08. The number of amides is 2. The van der Waals surface area contributed by atoms with Crippen molar-refractivity contribution in [1.82, 2.24) is 5.32 Å². The van der Waals surface area contributed by atoms with Crippen LogP contribution in [0.15, 0.2) is 30.3 Å². The van der Waals surface area contributed by atoms with E-state index in [-0.39, 0.29) is 23.8 Å². The van der Waals surface area contributed by atoms with E-state index in [0.717, 1.165) is 24.8 Å². The fourth-order valence-electron chi connectivity index (χ4n) is 2.83. The van der Waals surface area contributed by atoms with Gasteiger partial charge < -0.3 is 16.8 Å². The van der Waals surface area contributed by atoms with E-state index in [4.69, 9.17) is 11.5 Å². The molecule has 0 bridgehead atoms. The van der Waals surface area contributed by atoms with Crippen LogP contribution in [0.2, 0.25) is 0 Å². The zero-order valence-electron chi connectivity index (χ0n) is 12.3. The number of nitrogens with two attached hydrogens (primary N) is 2. The molecule has 0 heterocycles. The minimum Gasteiger partial charge on any atom is -0.369 e. The van der Waals surface area contributed by atoms with Crippen LogP contribution in [-0.4, -0.2) is 17.9 Å². The maximum atomic E-state index is 12.5. The Labute approximate surface area is 125 Å². The van der Waals surface area contributed by atoms with Crippen molar-refractivity contribution in [1.29, 1.82) is 0 Å². The molecule has 5 N–H and O–H groups in total. The normalized spacial score (nSPS) is 24.9. The molecule has 1 aromatic carbocycles. The second kappa shape index (κ2) is 6.26. The first-order chi connectivity index (χ1) is 9.91. The van der Waals surface area contributed by atoms with Crippen molar-refractivity contribution in [3.05, 3.63) is 35.9 Å². The Balaban J connectivity index is 2.02. The van der Waals surface area contributed by atoms with Gasteiger partial charge in [-0.25, -0.2) is 0 Å². The number of carbonyl (C=O) groups excluding carboxylic acids is 2. The first-order valence-corrected chi connectivity index (χ1v) is 7.36. The van der Waals surface area contributed by atoms with E-state index in [1.807, 2.05) is 30.3 Å². The van der Waals surface area contributed by atoms with E-state index in [1.54, 1.807) is 6.92 Å². The summed E-state index contributed by atoms with van der Waals surface area (Å²) in [5.41, 5.74) is 11.2. The highest BCUT2D eigenvalue weighted by Crippen LogP contribution is 2.25. The van der Waals surface area contributed by atoms with Gasteiger partial charge >= 0.3 is 0 Å². The molecule has 2 amide bonds. The second-order valence-electron chi connectivity index (χ2n) is 6.00. The van der Waals surface area contributed by atoms with Gasteiger partial charge in [-0.05, 0) is 31.7 Å². The predicted octanol–water partition coefficient (Wildman–Crippen LogP) is 1.02. The molecule has 1 saturated carbocycles. The SMILES string of the molecule is CC(N)(C(=O)NC1CCCC(C(N)=O)C1)c1ccccc1. The van der Waals surface area contributed by atoms with Crippen molar-refractivity contribution in [3.63, 3.8) is 0 Å². The summed E-state index contributed by atoms with van der Waals surface area (Å²) in [5.74, 6) is -0.652. The van der Waals surface area contributed by atoms with Crippen molar-refractivity contribution in [2.24, 2.45) is 17.4 Å². The Morgan fingerprint density at radius 3 is 2.52 bits per heavy atom. The van der Waals surface area contributed by atoms with Gasteiger partial charge in [0.1, 0.15) is 5.54 Å². The average molecular weight is 289 g/mol. The Bertz CT molecular complexity index is 514. The van der Waals surface area contributed by atoms with Crippen LogP contribution in [0.25, 0.3) is 0 Å². The molecule has 114 valence electrons. The van der Waals surface area contributed by atoms with Crippen LogP contribution in [0.3, 0.4) is 0 Å². The minimum absolute atomic E-state index is 0.0321. The first kappa shape index (κ1) is 15.5. The lowest BCUT2D eigenvalue weighted by atomic mass is 9.84. The number of nitrogens with one attached hydrogen (secondary N) is 1. The summed E-state index contributed by atoms with van der Waals surface area (Å²) >= 11 is 0. The Kier molecular flexibility index (Phi) is 4.63. The largest absolute Gasteiger partial charge is 0.369 e. The van der Waals surface area contributed by atoms with E-state index in [2.05, 4.69) is 5.32 Å². The monoisotopic (exact) mass is 289 g/mol. The van der Waals surface area contributed by atoms with E-state index in [1.165, 1.54) is 0 Å². The summed E-state index contributed by atoms with van der Waals surface area (Å²) in [6.07, 6.45) is 3.16. The van der Waals surface area contributed by atoms with Crippen molar-refractivity contribution in [2.75, 3.05) is 0 Å². The van der Waals surface area contributed by atoms with Crippen molar-refractivity contribution >= 4 is 11.8 Å². The lowest BCUT2D eigenvalue weighted by molar-refractivity contribution is -0.128. The van der Waals surface area contributed by atoms with Crippen LogP contribution in [0.4, 0.5) is 0 Å². The summed E-state index contributed by atoms with van der Waals surface area (Å²) in [7, 11) is 0.